The monoisotopic (exact) mass is 138 g/mol. The zero-order valence-corrected chi connectivity index (χ0v) is 6.89. The molecule has 0 aromatic rings. The zero-order chi connectivity index (χ0) is 7.61. The molecule has 0 amide bonds. The van der Waals surface area contributed by atoms with E-state index in [4.69, 9.17) is 0 Å². The van der Waals surface area contributed by atoms with Crippen LogP contribution in [-0.4, -0.2) is 17.6 Å². The topological polar surface area (TPSA) is 24.7 Å². The molecule has 0 aromatic heterocycles. The van der Waals surface area contributed by atoms with E-state index >= 15 is 0 Å². The molecular weight excluding hydrogens is 124 g/mol. The van der Waals surface area contributed by atoms with Crippen molar-refractivity contribution in [1.29, 1.82) is 0 Å². The lowest BCUT2D eigenvalue weighted by atomic mass is 10.2. The molecule has 0 aliphatic carbocycles. The van der Waals surface area contributed by atoms with E-state index in [1.54, 1.807) is 0 Å². The third-order valence-corrected chi connectivity index (χ3v) is 1.91. The molecule has 56 valence electrons. The molecule has 0 aromatic carbocycles. The summed E-state index contributed by atoms with van der Waals surface area (Å²) in [6, 6.07) is 0. The van der Waals surface area contributed by atoms with Crippen LogP contribution in [0.15, 0.2) is 9.98 Å². The molecule has 0 fully saturated rings. The Morgan fingerprint density at radius 2 is 2.20 bits per heavy atom. The Hall–Kier alpha value is -0.660. The minimum Gasteiger partial charge on any atom is -0.262 e. The lowest BCUT2D eigenvalue weighted by molar-refractivity contribution is 0.491. The maximum absolute atomic E-state index is 4.45. The second-order valence-corrected chi connectivity index (χ2v) is 2.79. The van der Waals surface area contributed by atoms with Crippen molar-refractivity contribution in [3.05, 3.63) is 0 Å². The van der Waals surface area contributed by atoms with Gasteiger partial charge in [0.2, 0.25) is 0 Å². The zero-order valence-electron chi connectivity index (χ0n) is 6.89. The van der Waals surface area contributed by atoms with Crippen molar-refractivity contribution in [3.8, 4) is 0 Å². The van der Waals surface area contributed by atoms with E-state index in [2.05, 4.69) is 30.8 Å². The van der Waals surface area contributed by atoms with E-state index in [-0.39, 0.29) is 5.66 Å². The van der Waals surface area contributed by atoms with Gasteiger partial charge in [0.15, 0.2) is 0 Å². The van der Waals surface area contributed by atoms with Gasteiger partial charge in [-0.05, 0) is 19.8 Å². The maximum Gasteiger partial charge on any atom is 0.147 e. The lowest BCUT2D eigenvalue weighted by Crippen LogP contribution is -2.13. The Morgan fingerprint density at radius 3 is 2.50 bits per heavy atom. The summed E-state index contributed by atoms with van der Waals surface area (Å²) in [6.45, 7) is 6.28. The highest BCUT2D eigenvalue weighted by atomic mass is 15.1. The van der Waals surface area contributed by atoms with Crippen LogP contribution < -0.4 is 0 Å². The van der Waals surface area contributed by atoms with E-state index in [9.17, 15) is 0 Å². The third-order valence-electron chi connectivity index (χ3n) is 1.91. The molecule has 0 radical (unpaired) electrons. The van der Waals surface area contributed by atoms with Crippen molar-refractivity contribution in [2.45, 2.75) is 39.3 Å². The van der Waals surface area contributed by atoms with Crippen molar-refractivity contribution in [3.63, 3.8) is 0 Å². The number of rotatable bonds is 2. The molecule has 0 bridgehead atoms. The Labute approximate surface area is 62.1 Å². The van der Waals surface area contributed by atoms with Crippen LogP contribution in [-0.2, 0) is 0 Å². The Balaban J connectivity index is 2.73. The standard InChI is InChI=1S/C8H14N2/c1-4-7-6-9-8(3,5-2)10-7/h6H,4-5H2,1-3H3. The first kappa shape index (κ1) is 7.45. The molecule has 1 aliphatic heterocycles. The minimum absolute atomic E-state index is 0.134. The minimum atomic E-state index is -0.134. The molecule has 2 heteroatoms. The van der Waals surface area contributed by atoms with Crippen molar-refractivity contribution < 1.29 is 0 Å². The molecule has 0 N–H and O–H groups in total. The number of hydrogen-bond acceptors (Lipinski definition) is 2. The highest BCUT2D eigenvalue weighted by molar-refractivity contribution is 6.31. The van der Waals surface area contributed by atoms with Gasteiger partial charge < -0.3 is 0 Å². The van der Waals surface area contributed by atoms with E-state index in [1.165, 1.54) is 0 Å². The van der Waals surface area contributed by atoms with Gasteiger partial charge in [0, 0.05) is 6.21 Å². The summed E-state index contributed by atoms with van der Waals surface area (Å²) >= 11 is 0. The molecule has 0 spiro atoms. The first-order valence-corrected chi connectivity index (χ1v) is 3.84. The Bertz CT molecular complexity index is 182. The summed E-state index contributed by atoms with van der Waals surface area (Å²) in [6.07, 6.45) is 3.88. The van der Waals surface area contributed by atoms with Gasteiger partial charge in [-0.25, -0.2) is 0 Å². The predicted octanol–water partition coefficient (Wildman–Crippen LogP) is 2.05. The van der Waals surface area contributed by atoms with Gasteiger partial charge in [-0.2, -0.15) is 0 Å². The summed E-state index contributed by atoms with van der Waals surface area (Å²) in [4.78, 5) is 8.76. The molecule has 2 nitrogen and oxygen atoms in total. The molecule has 0 saturated heterocycles. The Kier molecular flexibility index (Phi) is 1.88. The largest absolute Gasteiger partial charge is 0.262 e. The number of aliphatic imine (C=N–C) groups is 2. The maximum atomic E-state index is 4.45. The molecule has 10 heavy (non-hydrogen) atoms. The normalized spacial score (nSPS) is 30.9. The summed E-state index contributed by atoms with van der Waals surface area (Å²) in [5, 5.41) is 0. The van der Waals surface area contributed by atoms with Crippen molar-refractivity contribution >= 4 is 11.9 Å². The molecule has 1 atom stereocenters. The summed E-state index contributed by atoms with van der Waals surface area (Å²) in [7, 11) is 0. The fourth-order valence-electron chi connectivity index (χ4n) is 0.921. The SMILES string of the molecule is CCC1=NC(C)(CC)N=C1. The Morgan fingerprint density at radius 1 is 1.50 bits per heavy atom. The molecule has 1 rings (SSSR count). The van der Waals surface area contributed by atoms with Gasteiger partial charge in [-0.3, -0.25) is 9.98 Å². The van der Waals surface area contributed by atoms with Gasteiger partial charge in [0.25, 0.3) is 0 Å². The van der Waals surface area contributed by atoms with E-state index in [0.29, 0.717) is 0 Å². The molecular formula is C8H14N2. The van der Waals surface area contributed by atoms with Crippen molar-refractivity contribution in [2.24, 2.45) is 9.98 Å². The smallest absolute Gasteiger partial charge is 0.147 e. The van der Waals surface area contributed by atoms with Gasteiger partial charge >= 0.3 is 0 Å². The second-order valence-electron chi connectivity index (χ2n) is 2.79. The second kappa shape index (κ2) is 2.52. The first-order valence-electron chi connectivity index (χ1n) is 3.84. The van der Waals surface area contributed by atoms with Gasteiger partial charge in [-0.15, -0.1) is 0 Å². The van der Waals surface area contributed by atoms with Crippen LogP contribution in [0.2, 0.25) is 0 Å². The van der Waals surface area contributed by atoms with Gasteiger partial charge in [0.05, 0.1) is 5.71 Å². The van der Waals surface area contributed by atoms with Crippen LogP contribution in [0, 0.1) is 0 Å². The molecule has 0 saturated carbocycles. The highest BCUT2D eigenvalue weighted by Gasteiger charge is 2.22. The van der Waals surface area contributed by atoms with E-state index < -0.39 is 0 Å². The van der Waals surface area contributed by atoms with Crippen LogP contribution in [0.4, 0.5) is 0 Å². The van der Waals surface area contributed by atoms with Gasteiger partial charge in [0.1, 0.15) is 5.66 Å². The van der Waals surface area contributed by atoms with Crippen molar-refractivity contribution in [1.82, 2.24) is 0 Å². The molecule has 1 aliphatic rings. The van der Waals surface area contributed by atoms with E-state index in [0.717, 1.165) is 18.6 Å². The highest BCUT2D eigenvalue weighted by Crippen LogP contribution is 2.20. The third kappa shape index (κ3) is 1.25. The fourth-order valence-corrected chi connectivity index (χ4v) is 0.921. The van der Waals surface area contributed by atoms with E-state index in [1.807, 2.05) is 6.21 Å². The lowest BCUT2D eigenvalue weighted by Gasteiger charge is -2.13. The number of hydrogen-bond donors (Lipinski definition) is 0. The predicted molar refractivity (Wildman–Crippen MR) is 44.9 cm³/mol. The number of nitrogens with zero attached hydrogens (tertiary/aromatic N) is 2. The van der Waals surface area contributed by atoms with Crippen molar-refractivity contribution in [2.75, 3.05) is 0 Å². The average Bonchev–Trinajstić information content (AvgIpc) is 2.33. The molecule has 1 unspecified atom stereocenters. The average molecular weight is 138 g/mol. The van der Waals surface area contributed by atoms with Crippen LogP contribution in [0.3, 0.4) is 0 Å². The van der Waals surface area contributed by atoms with Crippen LogP contribution in [0.5, 0.6) is 0 Å². The fraction of sp³-hybridized carbons (Fsp3) is 0.750. The summed E-state index contributed by atoms with van der Waals surface area (Å²) in [5.41, 5.74) is 0.995. The quantitative estimate of drug-likeness (QED) is 0.558. The summed E-state index contributed by atoms with van der Waals surface area (Å²) < 4.78 is 0. The first-order chi connectivity index (χ1) is 4.70. The summed E-state index contributed by atoms with van der Waals surface area (Å²) in [5.74, 6) is 0. The van der Waals surface area contributed by atoms with Gasteiger partial charge in [-0.1, -0.05) is 13.8 Å². The molecule has 1 heterocycles. The van der Waals surface area contributed by atoms with Crippen LogP contribution >= 0.6 is 0 Å². The van der Waals surface area contributed by atoms with Crippen LogP contribution in [0.1, 0.15) is 33.6 Å². The van der Waals surface area contributed by atoms with Crippen LogP contribution in [0.25, 0.3) is 0 Å².